The first kappa shape index (κ1) is 16.7. The van der Waals surface area contributed by atoms with Crippen molar-refractivity contribution in [3.63, 3.8) is 0 Å². The molecule has 0 spiro atoms. The third-order valence-corrected chi connectivity index (χ3v) is 5.22. The lowest BCUT2D eigenvalue weighted by molar-refractivity contribution is -0.0156. The molecule has 0 aliphatic carbocycles. The standard InChI is InChI=1S/C13H19ClN2O4S/c1-16-4-5-20-11(8-16)7-15-21(18,19)13-6-10(9-17)2-3-12(13)14/h2-3,6,11,15,17H,4-5,7-9H2,1H3. The molecule has 1 saturated heterocycles. The van der Waals surface area contributed by atoms with Gasteiger partial charge in [0.1, 0.15) is 4.90 Å². The minimum Gasteiger partial charge on any atom is -0.392 e. The molecule has 2 rings (SSSR count). The summed E-state index contributed by atoms with van der Waals surface area (Å²) < 4.78 is 32.6. The van der Waals surface area contributed by atoms with E-state index in [1.54, 1.807) is 6.07 Å². The summed E-state index contributed by atoms with van der Waals surface area (Å²) in [5.74, 6) is 0. The van der Waals surface area contributed by atoms with Crippen molar-refractivity contribution in [3.05, 3.63) is 28.8 Å². The molecular formula is C13H19ClN2O4S. The molecule has 0 amide bonds. The van der Waals surface area contributed by atoms with Crippen LogP contribution in [0.25, 0.3) is 0 Å². The number of rotatable bonds is 5. The Hall–Kier alpha value is -0.700. The molecule has 0 radical (unpaired) electrons. The molecule has 1 aromatic carbocycles. The van der Waals surface area contributed by atoms with Crippen LogP contribution in [0.5, 0.6) is 0 Å². The van der Waals surface area contributed by atoms with Crippen molar-refractivity contribution >= 4 is 21.6 Å². The molecule has 0 aromatic heterocycles. The summed E-state index contributed by atoms with van der Waals surface area (Å²) in [5, 5.41) is 9.22. The van der Waals surface area contributed by atoms with E-state index in [-0.39, 0.29) is 29.2 Å². The summed E-state index contributed by atoms with van der Waals surface area (Å²) in [4.78, 5) is 2.06. The third kappa shape index (κ3) is 4.38. The van der Waals surface area contributed by atoms with Crippen LogP contribution in [-0.4, -0.2) is 57.8 Å². The molecule has 118 valence electrons. The number of sulfonamides is 1. The number of hydrogen-bond donors (Lipinski definition) is 2. The number of ether oxygens (including phenoxy) is 1. The van der Waals surface area contributed by atoms with Crippen LogP contribution in [0.2, 0.25) is 5.02 Å². The normalized spacial score (nSPS) is 20.6. The summed E-state index contributed by atoms with van der Waals surface area (Å²) in [6, 6.07) is 4.42. The Balaban J connectivity index is 2.08. The second kappa shape index (κ2) is 7.04. The Labute approximate surface area is 129 Å². The minimum atomic E-state index is -3.73. The topological polar surface area (TPSA) is 78.9 Å². The quantitative estimate of drug-likeness (QED) is 0.817. The first-order chi connectivity index (χ1) is 9.92. The number of morpholine rings is 1. The molecule has 6 nitrogen and oxygen atoms in total. The van der Waals surface area contributed by atoms with Gasteiger partial charge in [-0.2, -0.15) is 0 Å². The number of hydrogen-bond acceptors (Lipinski definition) is 5. The van der Waals surface area contributed by atoms with Crippen molar-refractivity contribution in [2.45, 2.75) is 17.6 Å². The molecule has 1 unspecified atom stereocenters. The van der Waals surface area contributed by atoms with Crippen LogP contribution in [0, 0.1) is 0 Å². The van der Waals surface area contributed by atoms with Crippen LogP contribution in [0.4, 0.5) is 0 Å². The molecule has 8 heteroatoms. The average molecular weight is 335 g/mol. The lowest BCUT2D eigenvalue weighted by Crippen LogP contribution is -2.45. The number of nitrogens with zero attached hydrogens (tertiary/aromatic N) is 1. The van der Waals surface area contributed by atoms with Gasteiger partial charge in [-0.1, -0.05) is 17.7 Å². The van der Waals surface area contributed by atoms with Crippen LogP contribution < -0.4 is 4.72 Å². The van der Waals surface area contributed by atoms with Gasteiger partial charge in [-0.15, -0.1) is 0 Å². The maximum absolute atomic E-state index is 12.3. The molecule has 0 saturated carbocycles. The van der Waals surface area contributed by atoms with E-state index in [1.165, 1.54) is 12.1 Å². The molecule has 0 bridgehead atoms. The highest BCUT2D eigenvalue weighted by atomic mass is 35.5. The SMILES string of the molecule is CN1CCOC(CNS(=O)(=O)c2cc(CO)ccc2Cl)C1. The van der Waals surface area contributed by atoms with Gasteiger partial charge in [-0.25, -0.2) is 13.1 Å². The molecule has 2 N–H and O–H groups in total. The van der Waals surface area contributed by atoms with Gasteiger partial charge in [-0.05, 0) is 24.7 Å². The van der Waals surface area contributed by atoms with Crippen LogP contribution in [0.3, 0.4) is 0 Å². The van der Waals surface area contributed by atoms with E-state index in [0.717, 1.165) is 6.54 Å². The van der Waals surface area contributed by atoms with Crippen molar-refractivity contribution in [2.75, 3.05) is 33.3 Å². The zero-order chi connectivity index (χ0) is 15.5. The zero-order valence-corrected chi connectivity index (χ0v) is 13.3. The van der Waals surface area contributed by atoms with Crippen LogP contribution >= 0.6 is 11.6 Å². The van der Waals surface area contributed by atoms with Crippen LogP contribution in [-0.2, 0) is 21.4 Å². The predicted octanol–water partition coefficient (Wildman–Crippen LogP) is 0.441. The number of benzene rings is 1. The summed E-state index contributed by atoms with van der Waals surface area (Å²) >= 11 is 5.94. The van der Waals surface area contributed by atoms with E-state index in [1.807, 2.05) is 7.05 Å². The van der Waals surface area contributed by atoms with Gasteiger partial charge in [-0.3, -0.25) is 0 Å². The number of aliphatic hydroxyl groups is 1. The zero-order valence-electron chi connectivity index (χ0n) is 11.8. The lowest BCUT2D eigenvalue weighted by atomic mass is 10.2. The molecule has 21 heavy (non-hydrogen) atoms. The summed E-state index contributed by atoms with van der Waals surface area (Å²) in [6.45, 7) is 2.05. The van der Waals surface area contributed by atoms with Gasteiger partial charge >= 0.3 is 0 Å². The van der Waals surface area contributed by atoms with Crippen molar-refractivity contribution in [2.24, 2.45) is 0 Å². The number of nitrogens with one attached hydrogen (secondary N) is 1. The average Bonchev–Trinajstić information content (AvgIpc) is 2.46. The Morgan fingerprint density at radius 3 is 2.95 bits per heavy atom. The van der Waals surface area contributed by atoms with Gasteiger partial charge in [0.25, 0.3) is 0 Å². The van der Waals surface area contributed by atoms with Gasteiger partial charge in [0.15, 0.2) is 0 Å². The second-order valence-electron chi connectivity index (χ2n) is 5.03. The van der Waals surface area contributed by atoms with Gasteiger partial charge in [0.05, 0.1) is 24.3 Å². The van der Waals surface area contributed by atoms with Crippen LogP contribution in [0.1, 0.15) is 5.56 Å². The van der Waals surface area contributed by atoms with Crippen molar-refractivity contribution in [1.82, 2.24) is 9.62 Å². The molecular weight excluding hydrogens is 316 g/mol. The molecule has 1 aromatic rings. The Bertz CT molecular complexity index is 594. The lowest BCUT2D eigenvalue weighted by Gasteiger charge is -2.30. The Morgan fingerprint density at radius 2 is 2.29 bits per heavy atom. The summed E-state index contributed by atoms with van der Waals surface area (Å²) in [6.07, 6.45) is -0.182. The fourth-order valence-corrected chi connectivity index (χ4v) is 3.74. The second-order valence-corrected chi connectivity index (χ2v) is 7.17. The maximum atomic E-state index is 12.3. The van der Waals surface area contributed by atoms with E-state index in [9.17, 15) is 8.42 Å². The Kier molecular flexibility index (Phi) is 5.59. The van der Waals surface area contributed by atoms with E-state index in [0.29, 0.717) is 18.7 Å². The number of aliphatic hydroxyl groups excluding tert-OH is 1. The number of likely N-dealkylation sites (N-methyl/N-ethyl adjacent to an activating group) is 1. The fraction of sp³-hybridized carbons (Fsp3) is 0.538. The molecule has 1 atom stereocenters. The first-order valence-electron chi connectivity index (χ1n) is 6.61. The van der Waals surface area contributed by atoms with Crippen molar-refractivity contribution in [3.8, 4) is 0 Å². The van der Waals surface area contributed by atoms with E-state index < -0.39 is 10.0 Å². The fourth-order valence-electron chi connectivity index (χ4n) is 2.12. The van der Waals surface area contributed by atoms with E-state index >= 15 is 0 Å². The largest absolute Gasteiger partial charge is 0.392 e. The Morgan fingerprint density at radius 1 is 1.52 bits per heavy atom. The summed E-state index contributed by atoms with van der Waals surface area (Å²) in [7, 11) is -1.77. The van der Waals surface area contributed by atoms with Crippen molar-refractivity contribution in [1.29, 1.82) is 0 Å². The predicted molar refractivity (Wildman–Crippen MR) is 79.8 cm³/mol. The molecule has 1 fully saturated rings. The number of halogens is 1. The van der Waals surface area contributed by atoms with Gasteiger partial charge in [0, 0.05) is 19.6 Å². The highest BCUT2D eigenvalue weighted by Crippen LogP contribution is 2.22. The van der Waals surface area contributed by atoms with E-state index in [4.69, 9.17) is 21.4 Å². The smallest absolute Gasteiger partial charge is 0.242 e. The minimum absolute atomic E-state index is 0.0279. The van der Waals surface area contributed by atoms with Crippen molar-refractivity contribution < 1.29 is 18.3 Å². The first-order valence-corrected chi connectivity index (χ1v) is 8.47. The molecule has 1 aliphatic heterocycles. The molecule has 1 heterocycles. The van der Waals surface area contributed by atoms with E-state index in [2.05, 4.69) is 9.62 Å². The molecule has 1 aliphatic rings. The highest BCUT2D eigenvalue weighted by Gasteiger charge is 2.23. The highest BCUT2D eigenvalue weighted by molar-refractivity contribution is 7.89. The van der Waals surface area contributed by atoms with Gasteiger partial charge in [0.2, 0.25) is 10.0 Å². The van der Waals surface area contributed by atoms with Crippen LogP contribution in [0.15, 0.2) is 23.1 Å². The third-order valence-electron chi connectivity index (χ3n) is 3.31. The maximum Gasteiger partial charge on any atom is 0.242 e. The monoisotopic (exact) mass is 334 g/mol. The summed E-state index contributed by atoms with van der Waals surface area (Å²) in [5.41, 5.74) is 0.494. The van der Waals surface area contributed by atoms with Gasteiger partial charge < -0.3 is 14.7 Å².